The van der Waals surface area contributed by atoms with Gasteiger partial charge in [0.05, 0.1) is 12.2 Å². The Hall–Kier alpha value is -2.42. The molecular formula is C21H25NO2. The van der Waals surface area contributed by atoms with Crippen LogP contribution in [0.5, 0.6) is 11.5 Å². The van der Waals surface area contributed by atoms with Crippen LogP contribution in [0.25, 0.3) is 0 Å². The molecule has 0 aromatic heterocycles. The summed E-state index contributed by atoms with van der Waals surface area (Å²) in [7, 11) is 0. The predicted molar refractivity (Wildman–Crippen MR) is 99.2 cm³/mol. The van der Waals surface area contributed by atoms with E-state index in [2.05, 4.69) is 43.5 Å². The molecule has 2 aromatic carbocycles. The highest BCUT2D eigenvalue weighted by Crippen LogP contribution is 2.37. The zero-order chi connectivity index (χ0) is 17.3. The summed E-state index contributed by atoms with van der Waals surface area (Å²) in [5.41, 5.74) is 5.95. The maximum atomic E-state index is 9.79. The molecule has 1 heterocycles. The lowest BCUT2D eigenvalue weighted by Crippen LogP contribution is -2.41. The Morgan fingerprint density at radius 2 is 2.00 bits per heavy atom. The molecule has 2 aromatic rings. The zero-order valence-electron chi connectivity index (χ0n) is 14.7. The second-order valence-corrected chi connectivity index (χ2v) is 6.85. The highest BCUT2D eigenvalue weighted by Gasteiger charge is 2.26. The van der Waals surface area contributed by atoms with E-state index in [0.29, 0.717) is 0 Å². The molecule has 1 unspecified atom stereocenters. The topological polar surface area (TPSA) is 32.7 Å². The largest absolute Gasteiger partial charge is 0.508 e. The van der Waals surface area contributed by atoms with Crippen molar-refractivity contribution in [2.45, 2.75) is 33.3 Å². The molecule has 0 spiro atoms. The number of aromatic hydroxyl groups is 1. The summed E-state index contributed by atoms with van der Waals surface area (Å²) in [5, 5.41) is 9.79. The Balaban J connectivity index is 1.84. The molecule has 3 rings (SSSR count). The number of rotatable bonds is 4. The van der Waals surface area contributed by atoms with E-state index in [1.807, 2.05) is 13.0 Å². The summed E-state index contributed by atoms with van der Waals surface area (Å²) in [4.78, 5) is 2.24. The number of aryl methyl sites for hydroxylation is 2. The van der Waals surface area contributed by atoms with E-state index in [9.17, 15) is 5.11 Å². The Bertz CT molecular complexity index is 766. The molecule has 0 saturated carbocycles. The predicted octanol–water partition coefficient (Wildman–Crippen LogP) is 4.40. The van der Waals surface area contributed by atoms with Crippen LogP contribution < -0.4 is 9.64 Å². The summed E-state index contributed by atoms with van der Waals surface area (Å²) < 4.78 is 6.19. The summed E-state index contributed by atoms with van der Waals surface area (Å²) in [6.45, 7) is 11.9. The van der Waals surface area contributed by atoms with Crippen LogP contribution in [0.3, 0.4) is 0 Å². The highest BCUT2D eigenvalue weighted by molar-refractivity contribution is 5.63. The third-order valence-corrected chi connectivity index (χ3v) is 4.50. The number of ether oxygens (including phenoxy) is 1. The fraction of sp³-hybridized carbons (Fsp3) is 0.333. The maximum Gasteiger partial charge on any atom is 0.143 e. The first kappa shape index (κ1) is 16.4. The fourth-order valence-electron chi connectivity index (χ4n) is 3.19. The van der Waals surface area contributed by atoms with Gasteiger partial charge in [-0.1, -0.05) is 30.4 Å². The van der Waals surface area contributed by atoms with E-state index in [1.165, 1.54) is 16.7 Å². The molecular weight excluding hydrogens is 298 g/mol. The standard InChI is InChI=1S/C21H25NO2/c1-14(2)12-22-13-19(10-17-6-5-15(3)16(4)9-17)24-21-8-7-18(23)11-20(21)22/h5-9,11,19,23H,1,10,12-13H2,2-4H3. The van der Waals surface area contributed by atoms with Crippen molar-refractivity contribution in [3.63, 3.8) is 0 Å². The first-order valence-electron chi connectivity index (χ1n) is 8.37. The van der Waals surface area contributed by atoms with Crippen LogP contribution in [0, 0.1) is 13.8 Å². The molecule has 1 N–H and O–H groups in total. The van der Waals surface area contributed by atoms with Gasteiger partial charge in [-0.05, 0) is 49.6 Å². The number of phenolic OH excluding ortho intramolecular Hbond substituents is 1. The lowest BCUT2D eigenvalue weighted by atomic mass is 10.0. The molecule has 0 radical (unpaired) electrons. The van der Waals surface area contributed by atoms with Gasteiger partial charge >= 0.3 is 0 Å². The van der Waals surface area contributed by atoms with Crippen molar-refractivity contribution < 1.29 is 9.84 Å². The number of hydrogen-bond acceptors (Lipinski definition) is 3. The minimum Gasteiger partial charge on any atom is -0.508 e. The highest BCUT2D eigenvalue weighted by atomic mass is 16.5. The molecule has 0 saturated heterocycles. The number of fused-ring (bicyclic) bond motifs is 1. The van der Waals surface area contributed by atoms with E-state index in [-0.39, 0.29) is 11.9 Å². The Morgan fingerprint density at radius 3 is 2.71 bits per heavy atom. The number of hydrogen-bond donors (Lipinski definition) is 1. The SMILES string of the molecule is C=C(C)CN1CC(Cc2ccc(C)c(C)c2)Oc2ccc(O)cc21. The fourth-order valence-corrected chi connectivity index (χ4v) is 3.19. The summed E-state index contributed by atoms with van der Waals surface area (Å²) in [6.07, 6.45) is 0.956. The van der Waals surface area contributed by atoms with Gasteiger partial charge in [-0.3, -0.25) is 0 Å². The molecule has 3 heteroatoms. The monoisotopic (exact) mass is 323 g/mol. The van der Waals surface area contributed by atoms with Crippen LogP contribution >= 0.6 is 0 Å². The van der Waals surface area contributed by atoms with Crippen molar-refractivity contribution in [1.29, 1.82) is 0 Å². The molecule has 0 bridgehead atoms. The molecule has 24 heavy (non-hydrogen) atoms. The van der Waals surface area contributed by atoms with Gasteiger partial charge in [0.2, 0.25) is 0 Å². The van der Waals surface area contributed by atoms with Gasteiger partial charge in [0, 0.05) is 19.0 Å². The van der Waals surface area contributed by atoms with E-state index >= 15 is 0 Å². The van der Waals surface area contributed by atoms with Crippen LogP contribution in [-0.4, -0.2) is 24.3 Å². The van der Waals surface area contributed by atoms with Gasteiger partial charge in [-0.2, -0.15) is 0 Å². The molecule has 1 aliphatic rings. The van der Waals surface area contributed by atoms with Gasteiger partial charge in [-0.15, -0.1) is 0 Å². The first-order valence-corrected chi connectivity index (χ1v) is 8.37. The van der Waals surface area contributed by atoms with E-state index in [1.54, 1.807) is 12.1 Å². The lowest BCUT2D eigenvalue weighted by molar-refractivity contribution is 0.194. The second-order valence-electron chi connectivity index (χ2n) is 6.85. The van der Waals surface area contributed by atoms with Gasteiger partial charge in [0.1, 0.15) is 17.6 Å². The molecule has 1 atom stereocenters. The van der Waals surface area contributed by atoms with Crippen molar-refractivity contribution in [2.75, 3.05) is 18.0 Å². The maximum absolute atomic E-state index is 9.79. The van der Waals surface area contributed by atoms with Crippen molar-refractivity contribution in [1.82, 2.24) is 0 Å². The third kappa shape index (κ3) is 3.56. The minimum absolute atomic E-state index is 0.0866. The molecule has 0 aliphatic carbocycles. The van der Waals surface area contributed by atoms with E-state index < -0.39 is 0 Å². The number of phenols is 1. The number of benzene rings is 2. The minimum atomic E-state index is 0.0866. The van der Waals surface area contributed by atoms with Gasteiger partial charge < -0.3 is 14.7 Å². The smallest absolute Gasteiger partial charge is 0.143 e. The van der Waals surface area contributed by atoms with Gasteiger partial charge in [0.15, 0.2) is 0 Å². The van der Waals surface area contributed by atoms with Crippen molar-refractivity contribution >= 4 is 5.69 Å². The van der Waals surface area contributed by atoms with Crippen molar-refractivity contribution in [3.8, 4) is 11.5 Å². The average Bonchev–Trinajstić information content (AvgIpc) is 2.51. The average molecular weight is 323 g/mol. The van der Waals surface area contributed by atoms with Crippen LogP contribution in [0.15, 0.2) is 48.6 Å². The van der Waals surface area contributed by atoms with Crippen LogP contribution in [0.1, 0.15) is 23.6 Å². The van der Waals surface area contributed by atoms with Crippen LogP contribution in [-0.2, 0) is 6.42 Å². The van der Waals surface area contributed by atoms with Crippen LogP contribution in [0.4, 0.5) is 5.69 Å². The third-order valence-electron chi connectivity index (χ3n) is 4.50. The normalized spacial score (nSPS) is 16.5. The zero-order valence-corrected chi connectivity index (χ0v) is 14.7. The molecule has 126 valence electrons. The quantitative estimate of drug-likeness (QED) is 0.847. The molecule has 0 amide bonds. The lowest BCUT2D eigenvalue weighted by Gasteiger charge is -2.36. The summed E-state index contributed by atoms with van der Waals surface area (Å²) in [6, 6.07) is 11.9. The first-order chi connectivity index (χ1) is 11.4. The van der Waals surface area contributed by atoms with Crippen molar-refractivity contribution in [2.24, 2.45) is 0 Å². The summed E-state index contributed by atoms with van der Waals surface area (Å²) >= 11 is 0. The second kappa shape index (κ2) is 6.60. The Labute approximate surface area is 144 Å². The van der Waals surface area contributed by atoms with Gasteiger partial charge in [0.25, 0.3) is 0 Å². The van der Waals surface area contributed by atoms with Crippen molar-refractivity contribution in [3.05, 3.63) is 65.2 Å². The van der Waals surface area contributed by atoms with E-state index in [0.717, 1.165) is 36.5 Å². The van der Waals surface area contributed by atoms with E-state index in [4.69, 9.17) is 4.74 Å². The van der Waals surface area contributed by atoms with Gasteiger partial charge in [-0.25, -0.2) is 0 Å². The Kier molecular flexibility index (Phi) is 4.52. The molecule has 0 fully saturated rings. The number of anilines is 1. The number of nitrogens with zero attached hydrogens (tertiary/aromatic N) is 1. The molecule has 1 aliphatic heterocycles. The van der Waals surface area contributed by atoms with Crippen LogP contribution in [0.2, 0.25) is 0 Å². The Morgan fingerprint density at radius 1 is 1.21 bits per heavy atom. The molecule has 3 nitrogen and oxygen atoms in total. The summed E-state index contributed by atoms with van der Waals surface area (Å²) in [5.74, 6) is 1.09.